The number of carboxylic acids is 1. The Bertz CT molecular complexity index is 733. The number of rotatable bonds is 9. The lowest BCUT2D eigenvalue weighted by Gasteiger charge is -2.26. The molecule has 1 atom stereocenters. The molecule has 0 fully saturated rings. The fourth-order valence-corrected chi connectivity index (χ4v) is 2.47. The van der Waals surface area contributed by atoms with Gasteiger partial charge in [0.25, 0.3) is 0 Å². The molecule has 0 bridgehead atoms. The lowest BCUT2D eigenvalue weighted by atomic mass is 9.91. The molecule has 2 aromatic rings. The van der Waals surface area contributed by atoms with E-state index >= 15 is 0 Å². The summed E-state index contributed by atoms with van der Waals surface area (Å²) < 4.78 is 18.6. The predicted molar refractivity (Wildman–Crippen MR) is 94.9 cm³/mol. The van der Waals surface area contributed by atoms with Crippen molar-refractivity contribution in [3.8, 4) is 0 Å². The molecule has 0 spiro atoms. The smallest absolute Gasteiger partial charge is 0.333 e. The first-order valence-corrected chi connectivity index (χ1v) is 8.34. The molecular weight excluding hydrogens is 337 g/mol. The highest BCUT2D eigenvalue weighted by molar-refractivity contribution is 5.87. The van der Waals surface area contributed by atoms with Crippen molar-refractivity contribution in [2.75, 3.05) is 6.61 Å². The molecule has 0 saturated heterocycles. The van der Waals surface area contributed by atoms with E-state index in [1.807, 2.05) is 30.3 Å². The van der Waals surface area contributed by atoms with Gasteiger partial charge in [-0.15, -0.1) is 0 Å². The van der Waals surface area contributed by atoms with Crippen LogP contribution in [0.4, 0.5) is 4.39 Å². The summed E-state index contributed by atoms with van der Waals surface area (Å²) in [4.78, 5) is 23.8. The van der Waals surface area contributed by atoms with E-state index in [0.29, 0.717) is 25.2 Å². The molecule has 1 amide bonds. The molecule has 5 nitrogen and oxygen atoms in total. The minimum atomic E-state index is -1.62. The lowest BCUT2D eigenvalue weighted by Crippen LogP contribution is -2.49. The van der Waals surface area contributed by atoms with Crippen molar-refractivity contribution in [3.63, 3.8) is 0 Å². The van der Waals surface area contributed by atoms with Gasteiger partial charge in [0.1, 0.15) is 5.82 Å². The van der Waals surface area contributed by atoms with Gasteiger partial charge >= 0.3 is 5.97 Å². The Kier molecular flexibility index (Phi) is 6.86. The van der Waals surface area contributed by atoms with Crippen molar-refractivity contribution >= 4 is 11.9 Å². The van der Waals surface area contributed by atoms with Crippen LogP contribution < -0.4 is 5.32 Å². The van der Waals surface area contributed by atoms with Crippen molar-refractivity contribution in [1.29, 1.82) is 0 Å². The number of benzene rings is 2. The van der Waals surface area contributed by atoms with Gasteiger partial charge in [0, 0.05) is 13.0 Å². The number of aliphatic carboxylic acids is 1. The third kappa shape index (κ3) is 5.39. The van der Waals surface area contributed by atoms with Gasteiger partial charge in [-0.25, -0.2) is 9.18 Å². The van der Waals surface area contributed by atoms with Crippen molar-refractivity contribution in [2.45, 2.75) is 31.9 Å². The summed E-state index contributed by atoms with van der Waals surface area (Å²) in [5.74, 6) is -2.08. The molecule has 0 aliphatic carbocycles. The van der Waals surface area contributed by atoms with Gasteiger partial charge in [0.15, 0.2) is 5.54 Å². The highest BCUT2D eigenvalue weighted by Crippen LogP contribution is 2.22. The van der Waals surface area contributed by atoms with E-state index in [2.05, 4.69) is 5.32 Å². The standard InChI is InChI=1S/C20H22FNO4/c1-20(19(24)25,16-9-11-17(21)12-10-16)22-18(23)8-5-13-26-14-15-6-3-2-4-7-15/h2-4,6-7,9-12H,5,8,13-14H2,1H3,(H,22,23)(H,24,25). The van der Waals surface area contributed by atoms with Crippen LogP contribution in [0, 0.1) is 5.82 Å². The van der Waals surface area contributed by atoms with Crippen LogP contribution in [0.2, 0.25) is 0 Å². The van der Waals surface area contributed by atoms with Crippen molar-refractivity contribution in [3.05, 3.63) is 71.5 Å². The minimum absolute atomic E-state index is 0.138. The van der Waals surface area contributed by atoms with Crippen LogP contribution in [0.1, 0.15) is 30.9 Å². The molecule has 26 heavy (non-hydrogen) atoms. The van der Waals surface area contributed by atoms with Gasteiger partial charge in [-0.3, -0.25) is 4.79 Å². The van der Waals surface area contributed by atoms with Gasteiger partial charge < -0.3 is 15.2 Å². The second-order valence-electron chi connectivity index (χ2n) is 6.13. The van der Waals surface area contributed by atoms with Crippen LogP contribution >= 0.6 is 0 Å². The van der Waals surface area contributed by atoms with Gasteiger partial charge in [0.05, 0.1) is 6.61 Å². The summed E-state index contributed by atoms with van der Waals surface area (Å²) in [6.07, 6.45) is 0.608. The summed E-state index contributed by atoms with van der Waals surface area (Å²) in [5.41, 5.74) is -0.262. The Morgan fingerprint density at radius 2 is 1.77 bits per heavy atom. The van der Waals surface area contributed by atoms with Crippen LogP contribution in [0.25, 0.3) is 0 Å². The number of hydrogen-bond donors (Lipinski definition) is 2. The Morgan fingerprint density at radius 3 is 2.38 bits per heavy atom. The highest BCUT2D eigenvalue weighted by Gasteiger charge is 2.36. The third-order valence-corrected chi connectivity index (χ3v) is 4.04. The molecule has 138 valence electrons. The maximum Gasteiger partial charge on any atom is 0.333 e. The number of halogens is 1. The quantitative estimate of drug-likeness (QED) is 0.674. The van der Waals surface area contributed by atoms with E-state index in [1.165, 1.54) is 31.2 Å². The number of nitrogens with one attached hydrogen (secondary N) is 1. The number of carbonyl (C=O) groups excluding carboxylic acids is 1. The van der Waals surface area contributed by atoms with E-state index < -0.39 is 23.2 Å². The molecular formula is C20H22FNO4. The number of hydrogen-bond acceptors (Lipinski definition) is 3. The summed E-state index contributed by atoms with van der Waals surface area (Å²) in [6, 6.07) is 14.7. The summed E-state index contributed by atoms with van der Waals surface area (Å²) in [7, 11) is 0. The van der Waals surface area contributed by atoms with E-state index in [0.717, 1.165) is 5.56 Å². The molecule has 2 N–H and O–H groups in total. The van der Waals surface area contributed by atoms with E-state index in [-0.39, 0.29) is 6.42 Å². The molecule has 2 rings (SSSR count). The zero-order chi connectivity index (χ0) is 19.0. The average molecular weight is 359 g/mol. The summed E-state index contributed by atoms with van der Waals surface area (Å²) in [6.45, 7) is 2.24. The maximum atomic E-state index is 13.1. The van der Waals surface area contributed by atoms with E-state index in [4.69, 9.17) is 4.74 Å². The van der Waals surface area contributed by atoms with Crippen molar-refractivity contribution in [1.82, 2.24) is 5.32 Å². The Labute approximate surface area is 151 Å². The molecule has 0 aliphatic rings. The van der Waals surface area contributed by atoms with Crippen LogP contribution in [-0.4, -0.2) is 23.6 Å². The van der Waals surface area contributed by atoms with Gasteiger partial charge in [0.2, 0.25) is 5.91 Å². The first-order chi connectivity index (χ1) is 12.4. The highest BCUT2D eigenvalue weighted by atomic mass is 19.1. The second-order valence-corrected chi connectivity index (χ2v) is 6.13. The molecule has 0 radical (unpaired) electrons. The zero-order valence-electron chi connectivity index (χ0n) is 14.6. The average Bonchev–Trinajstić information content (AvgIpc) is 2.62. The fraction of sp³-hybridized carbons (Fsp3) is 0.300. The number of carbonyl (C=O) groups is 2. The van der Waals surface area contributed by atoms with Crippen molar-refractivity contribution in [2.24, 2.45) is 0 Å². The molecule has 0 aromatic heterocycles. The third-order valence-electron chi connectivity index (χ3n) is 4.04. The van der Waals surface area contributed by atoms with Gasteiger partial charge in [-0.1, -0.05) is 42.5 Å². The van der Waals surface area contributed by atoms with E-state index in [1.54, 1.807) is 0 Å². The fourth-order valence-electron chi connectivity index (χ4n) is 2.47. The van der Waals surface area contributed by atoms with Crippen LogP contribution in [0.15, 0.2) is 54.6 Å². The Balaban J connectivity index is 1.82. The summed E-state index contributed by atoms with van der Waals surface area (Å²) in [5, 5.41) is 12.0. The summed E-state index contributed by atoms with van der Waals surface area (Å²) >= 11 is 0. The Hall–Kier alpha value is -2.73. The van der Waals surface area contributed by atoms with E-state index in [9.17, 15) is 19.1 Å². The van der Waals surface area contributed by atoms with Gasteiger partial charge in [-0.2, -0.15) is 0 Å². The monoisotopic (exact) mass is 359 g/mol. The molecule has 6 heteroatoms. The largest absolute Gasteiger partial charge is 0.479 e. The topological polar surface area (TPSA) is 75.6 Å². The molecule has 0 aliphatic heterocycles. The molecule has 1 unspecified atom stereocenters. The normalized spacial score (nSPS) is 13.0. The Morgan fingerprint density at radius 1 is 1.12 bits per heavy atom. The number of amides is 1. The zero-order valence-corrected chi connectivity index (χ0v) is 14.6. The lowest BCUT2D eigenvalue weighted by molar-refractivity contribution is -0.147. The SMILES string of the molecule is CC(NC(=O)CCCOCc1ccccc1)(C(=O)O)c1ccc(F)cc1. The second kappa shape index (κ2) is 9.10. The molecule has 0 heterocycles. The minimum Gasteiger partial charge on any atom is -0.479 e. The number of ether oxygens (including phenoxy) is 1. The van der Waals surface area contributed by atoms with Crippen LogP contribution in [-0.2, 0) is 26.5 Å². The first-order valence-electron chi connectivity index (χ1n) is 8.34. The van der Waals surface area contributed by atoms with Crippen LogP contribution in [0.3, 0.4) is 0 Å². The number of carboxylic acid groups (broad SMARTS) is 1. The maximum absolute atomic E-state index is 13.1. The first kappa shape index (κ1) is 19.6. The van der Waals surface area contributed by atoms with Crippen molar-refractivity contribution < 1.29 is 23.8 Å². The molecule has 0 saturated carbocycles. The van der Waals surface area contributed by atoms with Gasteiger partial charge in [-0.05, 0) is 36.6 Å². The predicted octanol–water partition coefficient (Wildman–Crippen LogP) is 3.24. The van der Waals surface area contributed by atoms with Crippen LogP contribution in [0.5, 0.6) is 0 Å². The molecule has 2 aromatic carbocycles.